The zero-order valence-electron chi connectivity index (χ0n) is 11.6. The van der Waals surface area contributed by atoms with E-state index in [1.54, 1.807) is 20.8 Å². The van der Waals surface area contributed by atoms with Gasteiger partial charge in [-0.1, -0.05) is 0 Å². The predicted octanol–water partition coefficient (Wildman–Crippen LogP) is 1.31. The van der Waals surface area contributed by atoms with E-state index in [0.717, 1.165) is 11.2 Å². The lowest BCUT2D eigenvalue weighted by molar-refractivity contribution is -0.00588. The second kappa shape index (κ2) is 5.62. The quantitative estimate of drug-likeness (QED) is 0.719. The van der Waals surface area contributed by atoms with Crippen molar-refractivity contribution < 1.29 is 26.5 Å². The Morgan fingerprint density at radius 1 is 1.32 bits per heavy atom. The minimum absolute atomic E-state index is 0.00238. The van der Waals surface area contributed by atoms with Gasteiger partial charge in [0, 0.05) is 6.42 Å². The molecule has 1 aliphatic rings. The molecule has 1 amide bonds. The Bertz CT molecular complexity index is 431. The zero-order valence-corrected chi connectivity index (χ0v) is 12.4. The van der Waals surface area contributed by atoms with Gasteiger partial charge >= 0.3 is 6.09 Å². The Morgan fingerprint density at radius 3 is 2.37 bits per heavy atom. The lowest BCUT2D eigenvalue weighted by Gasteiger charge is -2.34. The van der Waals surface area contributed by atoms with E-state index in [9.17, 15) is 17.6 Å². The van der Waals surface area contributed by atoms with Crippen molar-refractivity contribution in [1.82, 2.24) is 4.90 Å². The minimum atomic E-state index is -3.68. The number of ether oxygens (including phenoxy) is 1. The topological polar surface area (TPSA) is 72.9 Å². The average Bonchev–Trinajstić information content (AvgIpc) is 2.10. The molecule has 1 heterocycles. The van der Waals surface area contributed by atoms with Gasteiger partial charge in [0.1, 0.15) is 11.8 Å². The number of amides is 1. The summed E-state index contributed by atoms with van der Waals surface area (Å²) in [5.41, 5.74) is -0.687. The zero-order chi connectivity index (χ0) is 14.8. The van der Waals surface area contributed by atoms with Gasteiger partial charge in [0.25, 0.3) is 10.1 Å². The van der Waals surface area contributed by atoms with E-state index in [2.05, 4.69) is 0 Å². The van der Waals surface area contributed by atoms with E-state index in [4.69, 9.17) is 8.92 Å². The number of carbonyl (C=O) groups excluding carboxylic acids is 1. The Kier molecular flexibility index (Phi) is 4.78. The molecule has 8 heteroatoms. The SMILES string of the molecule is CC(C)(C)OC(=O)N1C[C@@H](F)C[C@H](OS(C)(=O)=O)C1. The number of piperidine rings is 1. The normalized spacial score (nSPS) is 25.2. The fourth-order valence-electron chi connectivity index (χ4n) is 1.79. The monoisotopic (exact) mass is 297 g/mol. The molecule has 1 fully saturated rings. The van der Waals surface area contributed by atoms with Gasteiger partial charge in [-0.2, -0.15) is 8.42 Å². The predicted molar refractivity (Wildman–Crippen MR) is 67.0 cm³/mol. The third kappa shape index (κ3) is 6.20. The first-order valence-corrected chi connectivity index (χ1v) is 7.78. The van der Waals surface area contributed by atoms with Crippen LogP contribution in [0, 0.1) is 0 Å². The van der Waals surface area contributed by atoms with Crippen LogP contribution in [0.5, 0.6) is 0 Å². The van der Waals surface area contributed by atoms with Crippen molar-refractivity contribution in [2.24, 2.45) is 0 Å². The average molecular weight is 297 g/mol. The van der Waals surface area contributed by atoms with Crippen LogP contribution < -0.4 is 0 Å². The molecule has 0 radical (unpaired) electrons. The first-order valence-electron chi connectivity index (χ1n) is 5.96. The summed E-state index contributed by atoms with van der Waals surface area (Å²) >= 11 is 0. The summed E-state index contributed by atoms with van der Waals surface area (Å²) in [6.45, 7) is 4.99. The van der Waals surface area contributed by atoms with Crippen molar-refractivity contribution in [1.29, 1.82) is 0 Å². The maximum Gasteiger partial charge on any atom is 0.410 e. The molecule has 0 aromatic carbocycles. The highest BCUT2D eigenvalue weighted by Crippen LogP contribution is 2.20. The summed E-state index contributed by atoms with van der Waals surface area (Å²) in [6, 6.07) is 0. The van der Waals surface area contributed by atoms with Crippen molar-refractivity contribution in [3.63, 3.8) is 0 Å². The molecule has 1 aliphatic heterocycles. The molecule has 1 rings (SSSR count). The van der Waals surface area contributed by atoms with Gasteiger partial charge in [0.2, 0.25) is 0 Å². The van der Waals surface area contributed by atoms with Gasteiger partial charge in [-0.3, -0.25) is 4.18 Å². The number of carbonyl (C=O) groups is 1. The highest BCUT2D eigenvalue weighted by atomic mass is 32.2. The smallest absolute Gasteiger partial charge is 0.410 e. The van der Waals surface area contributed by atoms with Crippen LogP contribution in [0.15, 0.2) is 0 Å². The van der Waals surface area contributed by atoms with E-state index < -0.39 is 34.1 Å². The number of nitrogens with zero attached hydrogens (tertiary/aromatic N) is 1. The largest absolute Gasteiger partial charge is 0.444 e. The van der Waals surface area contributed by atoms with Crippen molar-refractivity contribution >= 4 is 16.2 Å². The second-order valence-corrected chi connectivity index (χ2v) is 7.24. The standard InChI is InChI=1S/C11H20FNO5S/c1-11(2,3)17-10(14)13-6-8(12)5-9(7-13)18-19(4,15)16/h8-9H,5-7H2,1-4H3/t8-,9-/m0/s1. The number of hydrogen-bond acceptors (Lipinski definition) is 5. The van der Waals surface area contributed by atoms with Crippen LogP contribution in [0.25, 0.3) is 0 Å². The molecule has 6 nitrogen and oxygen atoms in total. The fourth-order valence-corrected chi connectivity index (χ4v) is 2.42. The molecule has 0 aromatic rings. The van der Waals surface area contributed by atoms with Gasteiger partial charge in [0.15, 0.2) is 0 Å². The maximum absolute atomic E-state index is 13.5. The highest BCUT2D eigenvalue weighted by Gasteiger charge is 2.34. The molecular formula is C11H20FNO5S. The van der Waals surface area contributed by atoms with Crippen LogP contribution in [0.4, 0.5) is 9.18 Å². The lowest BCUT2D eigenvalue weighted by atomic mass is 10.1. The molecule has 0 aliphatic carbocycles. The van der Waals surface area contributed by atoms with E-state index >= 15 is 0 Å². The number of rotatable bonds is 2. The van der Waals surface area contributed by atoms with E-state index in [1.807, 2.05) is 0 Å². The number of halogens is 1. The molecule has 19 heavy (non-hydrogen) atoms. The Morgan fingerprint density at radius 2 is 1.89 bits per heavy atom. The molecule has 0 N–H and O–H groups in total. The van der Waals surface area contributed by atoms with Gasteiger partial charge in [0.05, 0.1) is 25.4 Å². The summed E-state index contributed by atoms with van der Waals surface area (Å²) in [5.74, 6) is 0. The molecule has 1 saturated heterocycles. The van der Waals surface area contributed by atoms with Crippen LogP contribution >= 0.6 is 0 Å². The summed E-state index contributed by atoms with van der Waals surface area (Å²) in [7, 11) is -3.68. The fraction of sp³-hybridized carbons (Fsp3) is 0.909. The number of alkyl halides is 1. The molecular weight excluding hydrogens is 277 g/mol. The van der Waals surface area contributed by atoms with E-state index in [0.29, 0.717) is 0 Å². The van der Waals surface area contributed by atoms with Crippen molar-refractivity contribution in [3.05, 3.63) is 0 Å². The van der Waals surface area contributed by atoms with Crippen molar-refractivity contribution in [2.75, 3.05) is 19.3 Å². The van der Waals surface area contributed by atoms with Crippen molar-refractivity contribution in [3.8, 4) is 0 Å². The first-order chi connectivity index (χ1) is 8.46. The van der Waals surface area contributed by atoms with Crippen LogP contribution in [0.1, 0.15) is 27.2 Å². The van der Waals surface area contributed by atoms with Crippen LogP contribution in [-0.4, -0.2) is 56.6 Å². The van der Waals surface area contributed by atoms with E-state index in [-0.39, 0.29) is 19.5 Å². The summed E-state index contributed by atoms with van der Waals surface area (Å²) in [4.78, 5) is 12.9. The molecule has 112 valence electrons. The van der Waals surface area contributed by atoms with Gasteiger partial charge < -0.3 is 9.64 Å². The summed E-state index contributed by atoms with van der Waals surface area (Å²) in [6.07, 6.45) is -2.02. The Labute approximate surface area is 113 Å². The van der Waals surface area contributed by atoms with Gasteiger partial charge in [-0.15, -0.1) is 0 Å². The first kappa shape index (κ1) is 16.2. The lowest BCUT2D eigenvalue weighted by Crippen LogP contribution is -2.49. The van der Waals surface area contributed by atoms with E-state index in [1.165, 1.54) is 0 Å². The Hall–Kier alpha value is -0.890. The second-order valence-electron chi connectivity index (χ2n) is 5.64. The maximum atomic E-state index is 13.5. The summed E-state index contributed by atoms with van der Waals surface area (Å²) in [5, 5.41) is 0. The van der Waals surface area contributed by atoms with Gasteiger partial charge in [-0.25, -0.2) is 9.18 Å². The van der Waals surface area contributed by atoms with Crippen molar-refractivity contribution in [2.45, 2.75) is 45.1 Å². The molecule has 2 atom stereocenters. The highest BCUT2D eigenvalue weighted by molar-refractivity contribution is 7.86. The van der Waals surface area contributed by atoms with Crippen LogP contribution in [-0.2, 0) is 19.0 Å². The number of hydrogen-bond donors (Lipinski definition) is 0. The van der Waals surface area contributed by atoms with Crippen LogP contribution in [0.2, 0.25) is 0 Å². The minimum Gasteiger partial charge on any atom is -0.444 e. The molecule has 0 unspecified atom stereocenters. The number of likely N-dealkylation sites (tertiary alicyclic amines) is 1. The molecule has 0 saturated carbocycles. The van der Waals surface area contributed by atoms with Crippen LogP contribution in [0.3, 0.4) is 0 Å². The molecule has 0 bridgehead atoms. The third-order valence-corrected chi connectivity index (χ3v) is 2.95. The summed E-state index contributed by atoms with van der Waals surface area (Å²) < 4.78 is 45.5. The molecule has 0 aromatic heterocycles. The Balaban J connectivity index is 2.67. The third-order valence-electron chi connectivity index (χ3n) is 2.32. The van der Waals surface area contributed by atoms with Gasteiger partial charge in [-0.05, 0) is 20.8 Å². The molecule has 0 spiro atoms.